The molecule has 84 valence electrons. The van der Waals surface area contributed by atoms with E-state index >= 15 is 0 Å². The molecule has 0 amide bonds. The van der Waals surface area contributed by atoms with E-state index < -0.39 is 0 Å². The molecule has 0 spiro atoms. The van der Waals surface area contributed by atoms with E-state index in [1.807, 2.05) is 18.2 Å². The van der Waals surface area contributed by atoms with Crippen LogP contribution in [0.4, 0.5) is 5.95 Å². The third kappa shape index (κ3) is 1.88. The van der Waals surface area contributed by atoms with Gasteiger partial charge >= 0.3 is 0 Å². The maximum atomic E-state index is 4.52. The molecule has 3 N–H and O–H groups in total. The zero-order chi connectivity index (χ0) is 10.8. The molecular formula is C12H16N4. The molecule has 2 heterocycles. The Morgan fingerprint density at radius 3 is 2.81 bits per heavy atom. The van der Waals surface area contributed by atoms with Crippen molar-refractivity contribution in [2.75, 3.05) is 18.4 Å². The second-order valence-electron chi connectivity index (χ2n) is 4.27. The van der Waals surface area contributed by atoms with Gasteiger partial charge in [-0.15, -0.1) is 0 Å². The largest absolute Gasteiger partial charge is 0.353 e. The number of hydrogen-bond acceptors (Lipinski definition) is 3. The molecule has 0 aliphatic carbocycles. The number of para-hydroxylation sites is 2. The molecule has 1 aromatic heterocycles. The van der Waals surface area contributed by atoms with Crippen molar-refractivity contribution in [3.05, 3.63) is 24.3 Å². The predicted molar refractivity (Wildman–Crippen MR) is 65.6 cm³/mol. The van der Waals surface area contributed by atoms with Gasteiger partial charge < -0.3 is 15.6 Å². The molecule has 0 bridgehead atoms. The minimum Gasteiger partial charge on any atom is -0.353 e. The van der Waals surface area contributed by atoms with Gasteiger partial charge in [0.25, 0.3) is 0 Å². The number of piperidine rings is 1. The first-order valence-corrected chi connectivity index (χ1v) is 5.84. The molecule has 4 heteroatoms. The van der Waals surface area contributed by atoms with Gasteiger partial charge in [0.05, 0.1) is 11.0 Å². The van der Waals surface area contributed by atoms with Crippen molar-refractivity contribution >= 4 is 17.0 Å². The highest BCUT2D eigenvalue weighted by atomic mass is 15.1. The molecule has 0 unspecified atom stereocenters. The number of hydrogen-bond donors (Lipinski definition) is 3. The van der Waals surface area contributed by atoms with E-state index in [4.69, 9.17) is 0 Å². The Hall–Kier alpha value is -1.55. The van der Waals surface area contributed by atoms with E-state index in [1.165, 1.54) is 0 Å². The van der Waals surface area contributed by atoms with Gasteiger partial charge in [-0.3, -0.25) is 0 Å². The van der Waals surface area contributed by atoms with Gasteiger partial charge in [0.1, 0.15) is 0 Å². The summed E-state index contributed by atoms with van der Waals surface area (Å²) >= 11 is 0. The van der Waals surface area contributed by atoms with Crippen LogP contribution >= 0.6 is 0 Å². The van der Waals surface area contributed by atoms with Gasteiger partial charge in [0.15, 0.2) is 0 Å². The molecule has 2 aromatic rings. The SMILES string of the molecule is c1ccc2[nH]c(NC3CCNCC3)nc2c1. The average Bonchev–Trinajstić information content (AvgIpc) is 2.72. The average molecular weight is 216 g/mol. The lowest BCUT2D eigenvalue weighted by molar-refractivity contribution is 0.477. The van der Waals surface area contributed by atoms with Crippen LogP contribution in [0.2, 0.25) is 0 Å². The van der Waals surface area contributed by atoms with Crippen molar-refractivity contribution in [1.82, 2.24) is 15.3 Å². The molecule has 0 atom stereocenters. The van der Waals surface area contributed by atoms with Crippen molar-refractivity contribution < 1.29 is 0 Å². The maximum Gasteiger partial charge on any atom is 0.201 e. The molecule has 1 saturated heterocycles. The van der Waals surface area contributed by atoms with E-state index in [-0.39, 0.29) is 0 Å². The Morgan fingerprint density at radius 2 is 2.00 bits per heavy atom. The van der Waals surface area contributed by atoms with Gasteiger partial charge in [0.2, 0.25) is 5.95 Å². The Bertz CT molecular complexity index is 438. The van der Waals surface area contributed by atoms with E-state index in [9.17, 15) is 0 Å². The van der Waals surface area contributed by atoms with Gasteiger partial charge in [-0.05, 0) is 38.1 Å². The van der Waals surface area contributed by atoms with Gasteiger partial charge in [-0.2, -0.15) is 0 Å². The number of nitrogens with zero attached hydrogens (tertiary/aromatic N) is 1. The highest BCUT2D eigenvalue weighted by Crippen LogP contribution is 2.15. The molecule has 1 fully saturated rings. The van der Waals surface area contributed by atoms with Crippen LogP contribution in [0.15, 0.2) is 24.3 Å². The van der Waals surface area contributed by atoms with Gasteiger partial charge in [-0.1, -0.05) is 12.1 Å². The van der Waals surface area contributed by atoms with Crippen molar-refractivity contribution in [2.45, 2.75) is 18.9 Å². The van der Waals surface area contributed by atoms with Crippen LogP contribution in [0, 0.1) is 0 Å². The fourth-order valence-corrected chi connectivity index (χ4v) is 2.18. The minimum atomic E-state index is 0.543. The normalized spacial score (nSPS) is 17.8. The van der Waals surface area contributed by atoms with Crippen LogP contribution in [0.5, 0.6) is 0 Å². The molecule has 1 aromatic carbocycles. The lowest BCUT2D eigenvalue weighted by Crippen LogP contribution is -2.35. The first-order valence-electron chi connectivity index (χ1n) is 5.84. The van der Waals surface area contributed by atoms with Crippen LogP contribution in [0.25, 0.3) is 11.0 Å². The summed E-state index contributed by atoms with van der Waals surface area (Å²) in [5.41, 5.74) is 2.12. The maximum absolute atomic E-state index is 4.52. The van der Waals surface area contributed by atoms with E-state index in [2.05, 4.69) is 26.7 Å². The fourth-order valence-electron chi connectivity index (χ4n) is 2.18. The highest BCUT2D eigenvalue weighted by molar-refractivity contribution is 5.77. The monoisotopic (exact) mass is 216 g/mol. The number of H-pyrrole nitrogens is 1. The summed E-state index contributed by atoms with van der Waals surface area (Å²) in [5.74, 6) is 0.896. The summed E-state index contributed by atoms with van der Waals surface area (Å²) in [6, 6.07) is 8.66. The summed E-state index contributed by atoms with van der Waals surface area (Å²) in [6.07, 6.45) is 2.33. The second-order valence-corrected chi connectivity index (χ2v) is 4.27. The smallest absolute Gasteiger partial charge is 0.201 e. The Labute approximate surface area is 94.5 Å². The van der Waals surface area contributed by atoms with Crippen LogP contribution in [-0.4, -0.2) is 29.1 Å². The number of imidazole rings is 1. The number of anilines is 1. The van der Waals surface area contributed by atoms with Crippen LogP contribution in [-0.2, 0) is 0 Å². The Balaban J connectivity index is 1.78. The van der Waals surface area contributed by atoms with E-state index in [1.54, 1.807) is 0 Å². The van der Waals surface area contributed by atoms with Gasteiger partial charge in [-0.25, -0.2) is 4.98 Å². The van der Waals surface area contributed by atoms with Crippen molar-refractivity contribution in [1.29, 1.82) is 0 Å². The second kappa shape index (κ2) is 4.14. The van der Waals surface area contributed by atoms with Crippen LogP contribution < -0.4 is 10.6 Å². The topological polar surface area (TPSA) is 52.7 Å². The zero-order valence-electron chi connectivity index (χ0n) is 9.16. The third-order valence-electron chi connectivity index (χ3n) is 3.07. The summed E-state index contributed by atoms with van der Waals surface area (Å²) in [6.45, 7) is 2.19. The number of fused-ring (bicyclic) bond motifs is 1. The number of rotatable bonds is 2. The highest BCUT2D eigenvalue weighted by Gasteiger charge is 2.13. The molecule has 4 nitrogen and oxygen atoms in total. The summed E-state index contributed by atoms with van der Waals surface area (Å²) in [4.78, 5) is 7.82. The predicted octanol–water partition coefficient (Wildman–Crippen LogP) is 1.73. The number of aromatic amines is 1. The molecule has 16 heavy (non-hydrogen) atoms. The molecule has 0 radical (unpaired) electrons. The Morgan fingerprint density at radius 1 is 1.19 bits per heavy atom. The molecule has 0 saturated carbocycles. The number of benzene rings is 1. The zero-order valence-corrected chi connectivity index (χ0v) is 9.16. The standard InChI is InChI=1S/C12H16N4/c1-2-4-11-10(3-1)15-12(16-11)14-9-5-7-13-8-6-9/h1-4,9,13H,5-8H2,(H2,14,15,16). The van der Waals surface area contributed by atoms with Crippen LogP contribution in [0.1, 0.15) is 12.8 Å². The molecular weight excluding hydrogens is 200 g/mol. The first-order chi connectivity index (χ1) is 7.92. The quantitative estimate of drug-likeness (QED) is 0.716. The third-order valence-corrected chi connectivity index (χ3v) is 3.07. The fraction of sp³-hybridized carbons (Fsp3) is 0.417. The molecule has 1 aliphatic rings. The number of aromatic nitrogens is 2. The van der Waals surface area contributed by atoms with Crippen molar-refractivity contribution in [3.8, 4) is 0 Å². The van der Waals surface area contributed by atoms with Crippen molar-refractivity contribution in [2.24, 2.45) is 0 Å². The van der Waals surface area contributed by atoms with E-state index in [0.717, 1.165) is 42.9 Å². The molecule has 1 aliphatic heterocycles. The minimum absolute atomic E-state index is 0.543. The summed E-state index contributed by atoms with van der Waals surface area (Å²) in [7, 11) is 0. The van der Waals surface area contributed by atoms with Gasteiger partial charge in [0, 0.05) is 6.04 Å². The lowest BCUT2D eigenvalue weighted by Gasteiger charge is -2.23. The lowest BCUT2D eigenvalue weighted by atomic mass is 10.1. The van der Waals surface area contributed by atoms with Crippen molar-refractivity contribution in [3.63, 3.8) is 0 Å². The van der Waals surface area contributed by atoms with Crippen LogP contribution in [0.3, 0.4) is 0 Å². The summed E-state index contributed by atoms with van der Waals surface area (Å²) in [5, 5.41) is 6.82. The summed E-state index contributed by atoms with van der Waals surface area (Å²) < 4.78 is 0. The molecule has 3 rings (SSSR count). The van der Waals surface area contributed by atoms with E-state index in [0.29, 0.717) is 6.04 Å². The first kappa shape index (κ1) is 9.66. The number of nitrogens with one attached hydrogen (secondary N) is 3. The Kier molecular flexibility index (Phi) is 2.50.